The van der Waals surface area contributed by atoms with Crippen LogP contribution in [0.2, 0.25) is 0 Å². The molecule has 0 aromatic heterocycles. The highest BCUT2D eigenvalue weighted by Crippen LogP contribution is 2.21. The summed E-state index contributed by atoms with van der Waals surface area (Å²) in [5, 5.41) is 0. The summed E-state index contributed by atoms with van der Waals surface area (Å²) in [4.78, 5) is 0. The third-order valence-corrected chi connectivity index (χ3v) is 5.40. The molecule has 0 unspecified atom stereocenters. The number of rotatable bonds is 6. The van der Waals surface area contributed by atoms with Gasteiger partial charge in [0.2, 0.25) is 10.0 Å². The Morgan fingerprint density at radius 3 is 2.64 bits per heavy atom. The van der Waals surface area contributed by atoms with Gasteiger partial charge >= 0.3 is 0 Å². The fourth-order valence-corrected chi connectivity index (χ4v) is 3.36. The van der Waals surface area contributed by atoms with Gasteiger partial charge in [0.25, 0.3) is 0 Å². The molecule has 0 radical (unpaired) electrons. The lowest BCUT2D eigenvalue weighted by Gasteiger charge is -2.10. The smallest absolute Gasteiger partial charge is 0.233 e. The predicted octanol–water partition coefficient (Wildman–Crippen LogP) is 3.75. The topological polar surface area (TPSA) is 55.4 Å². The standard InChI is InChI=1S/C16H18BrNO3S/c1-12-10-14(6-7-16(12)17)18-22(19,20)9-8-13-4-3-5-15(11-13)21-2/h3-7,10-11,18H,8-9H2,1-2H3. The van der Waals surface area contributed by atoms with Crippen LogP contribution in [-0.4, -0.2) is 21.3 Å². The lowest BCUT2D eigenvalue weighted by Crippen LogP contribution is -2.18. The van der Waals surface area contributed by atoms with E-state index in [1.54, 1.807) is 19.2 Å². The molecule has 0 aliphatic heterocycles. The van der Waals surface area contributed by atoms with Crippen molar-refractivity contribution in [1.82, 2.24) is 0 Å². The number of aryl methyl sites for hydroxylation is 2. The van der Waals surface area contributed by atoms with E-state index in [0.29, 0.717) is 12.1 Å². The number of sulfonamides is 1. The molecular weight excluding hydrogens is 366 g/mol. The Labute approximate surface area is 139 Å². The summed E-state index contributed by atoms with van der Waals surface area (Å²) in [7, 11) is -1.80. The lowest BCUT2D eigenvalue weighted by molar-refractivity contribution is 0.414. The second-order valence-electron chi connectivity index (χ2n) is 4.99. The fraction of sp³-hybridized carbons (Fsp3) is 0.250. The Balaban J connectivity index is 2.02. The van der Waals surface area contributed by atoms with Gasteiger partial charge in [-0.2, -0.15) is 0 Å². The Hall–Kier alpha value is -1.53. The maximum absolute atomic E-state index is 12.2. The second kappa shape index (κ2) is 7.15. The molecular formula is C16H18BrNO3S. The average Bonchev–Trinajstić information content (AvgIpc) is 2.49. The first-order valence-corrected chi connectivity index (χ1v) is 9.24. The number of hydrogen-bond donors (Lipinski definition) is 1. The van der Waals surface area contributed by atoms with Crippen LogP contribution in [0.1, 0.15) is 11.1 Å². The first kappa shape index (κ1) is 16.8. The lowest BCUT2D eigenvalue weighted by atomic mass is 10.2. The monoisotopic (exact) mass is 383 g/mol. The van der Waals surface area contributed by atoms with Crippen molar-refractivity contribution in [3.8, 4) is 5.75 Å². The van der Waals surface area contributed by atoms with Gasteiger partial charge in [0, 0.05) is 10.2 Å². The van der Waals surface area contributed by atoms with Crippen LogP contribution in [-0.2, 0) is 16.4 Å². The highest BCUT2D eigenvalue weighted by Gasteiger charge is 2.11. The summed E-state index contributed by atoms with van der Waals surface area (Å²) in [6.45, 7) is 1.91. The molecule has 0 heterocycles. The molecule has 0 amide bonds. The molecule has 0 fully saturated rings. The van der Waals surface area contributed by atoms with Crippen molar-refractivity contribution in [1.29, 1.82) is 0 Å². The Kier molecular flexibility index (Phi) is 5.47. The SMILES string of the molecule is COc1cccc(CCS(=O)(=O)Nc2ccc(Br)c(C)c2)c1. The van der Waals surface area contributed by atoms with E-state index < -0.39 is 10.0 Å². The van der Waals surface area contributed by atoms with E-state index in [-0.39, 0.29) is 5.75 Å². The molecule has 1 N–H and O–H groups in total. The number of benzene rings is 2. The van der Waals surface area contributed by atoms with Gasteiger partial charge in [-0.3, -0.25) is 4.72 Å². The molecule has 6 heteroatoms. The quantitative estimate of drug-likeness (QED) is 0.825. The maximum atomic E-state index is 12.2. The number of ether oxygens (including phenoxy) is 1. The van der Waals surface area contributed by atoms with Crippen LogP contribution in [0.3, 0.4) is 0 Å². The van der Waals surface area contributed by atoms with Crippen LogP contribution in [0.25, 0.3) is 0 Å². The number of nitrogens with one attached hydrogen (secondary N) is 1. The summed E-state index contributed by atoms with van der Waals surface area (Å²) in [5.41, 5.74) is 2.48. The number of anilines is 1. The van der Waals surface area contributed by atoms with E-state index in [9.17, 15) is 8.42 Å². The molecule has 2 rings (SSSR count). The molecule has 4 nitrogen and oxygen atoms in total. The average molecular weight is 384 g/mol. The van der Waals surface area contributed by atoms with Crippen LogP contribution in [0.15, 0.2) is 46.9 Å². The molecule has 0 aliphatic carbocycles. The summed E-state index contributed by atoms with van der Waals surface area (Å²) in [5.74, 6) is 0.751. The highest BCUT2D eigenvalue weighted by atomic mass is 79.9. The van der Waals surface area contributed by atoms with E-state index in [4.69, 9.17) is 4.74 Å². The fourth-order valence-electron chi connectivity index (χ4n) is 2.02. The number of halogens is 1. The molecule has 118 valence electrons. The van der Waals surface area contributed by atoms with Gasteiger partial charge in [-0.05, 0) is 54.8 Å². The molecule has 2 aromatic carbocycles. The van der Waals surface area contributed by atoms with Crippen molar-refractivity contribution in [2.75, 3.05) is 17.6 Å². The molecule has 0 saturated carbocycles. The molecule has 0 saturated heterocycles. The third kappa shape index (κ3) is 4.74. The largest absolute Gasteiger partial charge is 0.497 e. The zero-order valence-corrected chi connectivity index (χ0v) is 14.9. The van der Waals surface area contributed by atoms with Crippen molar-refractivity contribution < 1.29 is 13.2 Å². The Bertz CT molecular complexity index is 760. The van der Waals surface area contributed by atoms with Crippen LogP contribution < -0.4 is 9.46 Å². The molecule has 0 aliphatic rings. The van der Waals surface area contributed by atoms with E-state index >= 15 is 0 Å². The highest BCUT2D eigenvalue weighted by molar-refractivity contribution is 9.10. The first-order chi connectivity index (χ1) is 10.4. The molecule has 0 bridgehead atoms. The van der Waals surface area contributed by atoms with Crippen molar-refractivity contribution in [2.45, 2.75) is 13.3 Å². The number of hydrogen-bond acceptors (Lipinski definition) is 3. The van der Waals surface area contributed by atoms with Gasteiger partial charge < -0.3 is 4.74 Å². The van der Waals surface area contributed by atoms with E-state index in [1.165, 1.54) is 0 Å². The maximum Gasteiger partial charge on any atom is 0.233 e. The summed E-state index contributed by atoms with van der Waals surface area (Å²) in [6.07, 6.45) is 0.433. The number of methoxy groups -OCH3 is 1. The zero-order chi connectivity index (χ0) is 16.2. The second-order valence-corrected chi connectivity index (χ2v) is 7.68. The minimum Gasteiger partial charge on any atom is -0.497 e. The normalized spacial score (nSPS) is 11.2. The minimum absolute atomic E-state index is 0.0231. The third-order valence-electron chi connectivity index (χ3n) is 3.22. The summed E-state index contributed by atoms with van der Waals surface area (Å²) >= 11 is 3.39. The Morgan fingerprint density at radius 2 is 1.95 bits per heavy atom. The van der Waals surface area contributed by atoms with Crippen molar-refractivity contribution >= 4 is 31.6 Å². The summed E-state index contributed by atoms with van der Waals surface area (Å²) in [6, 6.07) is 12.8. The summed E-state index contributed by atoms with van der Waals surface area (Å²) < 4.78 is 33.0. The van der Waals surface area contributed by atoms with E-state index in [1.807, 2.05) is 37.3 Å². The zero-order valence-electron chi connectivity index (χ0n) is 12.5. The van der Waals surface area contributed by atoms with Crippen LogP contribution in [0.4, 0.5) is 5.69 Å². The van der Waals surface area contributed by atoms with Gasteiger partial charge in [0.05, 0.1) is 12.9 Å². The van der Waals surface area contributed by atoms with E-state index in [0.717, 1.165) is 21.3 Å². The van der Waals surface area contributed by atoms with Crippen molar-refractivity contribution in [3.05, 3.63) is 58.1 Å². The van der Waals surface area contributed by atoms with Gasteiger partial charge in [-0.25, -0.2) is 8.42 Å². The van der Waals surface area contributed by atoms with Crippen LogP contribution in [0.5, 0.6) is 5.75 Å². The van der Waals surface area contributed by atoms with Gasteiger partial charge in [-0.1, -0.05) is 28.1 Å². The Morgan fingerprint density at radius 1 is 1.18 bits per heavy atom. The van der Waals surface area contributed by atoms with Gasteiger partial charge in [-0.15, -0.1) is 0 Å². The molecule has 0 atom stereocenters. The van der Waals surface area contributed by atoms with E-state index in [2.05, 4.69) is 20.7 Å². The van der Waals surface area contributed by atoms with Crippen molar-refractivity contribution in [2.24, 2.45) is 0 Å². The molecule has 2 aromatic rings. The van der Waals surface area contributed by atoms with Gasteiger partial charge in [0.15, 0.2) is 0 Å². The van der Waals surface area contributed by atoms with Gasteiger partial charge in [0.1, 0.15) is 5.75 Å². The van der Waals surface area contributed by atoms with Crippen LogP contribution in [0, 0.1) is 6.92 Å². The molecule has 22 heavy (non-hydrogen) atoms. The van der Waals surface area contributed by atoms with Crippen LogP contribution >= 0.6 is 15.9 Å². The minimum atomic E-state index is -3.39. The molecule has 0 spiro atoms. The first-order valence-electron chi connectivity index (χ1n) is 6.79. The van der Waals surface area contributed by atoms with Crippen molar-refractivity contribution in [3.63, 3.8) is 0 Å². The predicted molar refractivity (Wildman–Crippen MR) is 93.0 cm³/mol.